The summed E-state index contributed by atoms with van der Waals surface area (Å²) >= 11 is 0. The number of aromatic carboxylic acids is 1. The van der Waals surface area contributed by atoms with E-state index in [1.165, 1.54) is 12.1 Å². The van der Waals surface area contributed by atoms with Gasteiger partial charge in [0.2, 0.25) is 0 Å². The lowest BCUT2D eigenvalue weighted by molar-refractivity contribution is -0.826. The Labute approximate surface area is 69.4 Å². The highest BCUT2D eigenvalue weighted by molar-refractivity contribution is 5.88. The monoisotopic (exact) mass is 168 g/mol. The van der Waals surface area contributed by atoms with Crippen LogP contribution in [-0.2, 0) is 0 Å². The minimum atomic E-state index is -0.988. The largest absolute Gasteiger partial charge is 0.478 e. The first kappa shape index (κ1) is 8.70. The third-order valence-corrected chi connectivity index (χ3v) is 1.67. The summed E-state index contributed by atoms with van der Waals surface area (Å²) in [6.45, 7) is 1.80. The quantitative estimate of drug-likeness (QED) is 0.438. The summed E-state index contributed by atoms with van der Waals surface area (Å²) in [7, 11) is 0. The van der Waals surface area contributed by atoms with Crippen molar-refractivity contribution >= 4 is 11.7 Å². The maximum absolute atomic E-state index is 10.5. The van der Waals surface area contributed by atoms with Crippen LogP contribution in [0.4, 0.5) is 5.69 Å². The lowest BCUT2D eigenvalue weighted by Crippen LogP contribution is -2.74. The van der Waals surface area contributed by atoms with Crippen LogP contribution >= 0.6 is 0 Å². The Morgan fingerprint density at radius 3 is 2.67 bits per heavy atom. The molecule has 4 heteroatoms. The van der Waals surface area contributed by atoms with Gasteiger partial charge in [0.05, 0.1) is 5.56 Å². The highest BCUT2D eigenvalue weighted by Gasteiger charge is 2.07. The number of carboxylic acids is 1. The molecular formula is C8H10NO3+. The van der Waals surface area contributed by atoms with Crippen LogP contribution in [0.2, 0.25) is 0 Å². The summed E-state index contributed by atoms with van der Waals surface area (Å²) in [5.74, 6) is -0.988. The number of hydrogen-bond acceptors (Lipinski definition) is 2. The number of quaternary nitrogens is 1. The number of nitrogens with two attached hydrogens (primary N) is 1. The molecule has 0 saturated heterocycles. The van der Waals surface area contributed by atoms with Gasteiger partial charge in [-0.2, -0.15) is 5.48 Å². The number of carboxylic acid groups (broad SMARTS) is 1. The molecule has 0 fully saturated rings. The highest BCUT2D eigenvalue weighted by atomic mass is 16.5. The second-order valence-electron chi connectivity index (χ2n) is 2.51. The van der Waals surface area contributed by atoms with Crippen molar-refractivity contribution in [2.75, 3.05) is 0 Å². The van der Waals surface area contributed by atoms with Crippen molar-refractivity contribution < 1.29 is 20.6 Å². The first-order valence-corrected chi connectivity index (χ1v) is 3.46. The van der Waals surface area contributed by atoms with Crippen LogP contribution in [-0.4, -0.2) is 16.3 Å². The van der Waals surface area contributed by atoms with Crippen molar-refractivity contribution in [2.45, 2.75) is 6.92 Å². The molecule has 1 rings (SSSR count). The third kappa shape index (κ3) is 1.61. The smallest absolute Gasteiger partial charge is 0.335 e. The molecule has 1 aromatic rings. The third-order valence-electron chi connectivity index (χ3n) is 1.67. The zero-order valence-corrected chi connectivity index (χ0v) is 6.61. The van der Waals surface area contributed by atoms with Crippen LogP contribution < -0.4 is 5.48 Å². The summed E-state index contributed by atoms with van der Waals surface area (Å²) < 4.78 is 0. The molecule has 0 spiro atoms. The van der Waals surface area contributed by atoms with E-state index in [-0.39, 0.29) is 5.56 Å². The number of hydrogen-bond donors (Lipinski definition) is 3. The van der Waals surface area contributed by atoms with Gasteiger partial charge in [0.25, 0.3) is 0 Å². The van der Waals surface area contributed by atoms with Gasteiger partial charge in [0.15, 0.2) is 5.69 Å². The van der Waals surface area contributed by atoms with E-state index < -0.39 is 5.97 Å². The SMILES string of the molecule is Cc1ccc(C(=O)O)cc1[NH2+]O. The minimum Gasteiger partial charge on any atom is -0.478 e. The van der Waals surface area contributed by atoms with E-state index in [1.807, 2.05) is 0 Å². The van der Waals surface area contributed by atoms with E-state index in [4.69, 9.17) is 10.3 Å². The molecule has 0 radical (unpaired) electrons. The molecule has 0 bridgehead atoms. The van der Waals surface area contributed by atoms with Gasteiger partial charge in [-0.1, -0.05) is 6.07 Å². The molecule has 0 aliphatic heterocycles. The van der Waals surface area contributed by atoms with Gasteiger partial charge in [-0.25, -0.2) is 10.0 Å². The number of aryl methyl sites for hydroxylation is 1. The zero-order valence-electron chi connectivity index (χ0n) is 6.61. The summed E-state index contributed by atoms with van der Waals surface area (Å²) in [5.41, 5.74) is 2.47. The Kier molecular flexibility index (Phi) is 2.42. The number of benzene rings is 1. The first-order chi connectivity index (χ1) is 5.65. The highest BCUT2D eigenvalue weighted by Crippen LogP contribution is 2.11. The standard InChI is InChI=1S/C8H9NO3/c1-5-2-3-6(8(10)11)4-7(5)9-12/h2-4,9,12H,1H3,(H,10,11)/p+1. The van der Waals surface area contributed by atoms with Gasteiger partial charge in [0, 0.05) is 11.6 Å². The Morgan fingerprint density at radius 1 is 1.50 bits per heavy atom. The summed E-state index contributed by atoms with van der Waals surface area (Å²) in [6, 6.07) is 4.59. The van der Waals surface area contributed by atoms with E-state index in [2.05, 4.69) is 0 Å². The maximum Gasteiger partial charge on any atom is 0.335 e. The number of rotatable bonds is 2. The van der Waals surface area contributed by atoms with Crippen LogP contribution in [0.5, 0.6) is 0 Å². The molecule has 0 unspecified atom stereocenters. The Balaban J connectivity index is 3.13. The lowest BCUT2D eigenvalue weighted by Gasteiger charge is -1.99. The fourth-order valence-corrected chi connectivity index (χ4v) is 0.913. The molecular weight excluding hydrogens is 158 g/mol. The molecule has 0 heterocycles. The summed E-state index contributed by atoms with van der Waals surface area (Å²) in [4.78, 5) is 10.5. The van der Waals surface area contributed by atoms with Crippen molar-refractivity contribution in [3.63, 3.8) is 0 Å². The van der Waals surface area contributed by atoms with E-state index >= 15 is 0 Å². The molecule has 0 aromatic heterocycles. The maximum atomic E-state index is 10.5. The molecule has 0 saturated carbocycles. The van der Waals surface area contributed by atoms with Crippen LogP contribution in [0, 0.1) is 6.92 Å². The molecule has 12 heavy (non-hydrogen) atoms. The van der Waals surface area contributed by atoms with Crippen LogP contribution in [0.15, 0.2) is 18.2 Å². The first-order valence-electron chi connectivity index (χ1n) is 3.46. The van der Waals surface area contributed by atoms with Gasteiger partial charge in [0.1, 0.15) is 0 Å². The second-order valence-corrected chi connectivity index (χ2v) is 2.51. The van der Waals surface area contributed by atoms with E-state index in [0.29, 0.717) is 5.69 Å². The van der Waals surface area contributed by atoms with Gasteiger partial charge in [-0.05, 0) is 13.0 Å². The van der Waals surface area contributed by atoms with Crippen LogP contribution in [0.25, 0.3) is 0 Å². The Bertz CT molecular complexity index is 309. The Hall–Kier alpha value is -1.39. The summed E-state index contributed by atoms with van der Waals surface area (Å²) in [5, 5.41) is 17.3. The average Bonchev–Trinajstić information content (AvgIpc) is 2.05. The Morgan fingerprint density at radius 2 is 2.17 bits per heavy atom. The normalized spacial score (nSPS) is 9.83. The van der Waals surface area contributed by atoms with Gasteiger partial charge < -0.3 is 5.11 Å². The van der Waals surface area contributed by atoms with Crippen molar-refractivity contribution in [3.05, 3.63) is 29.3 Å². The topological polar surface area (TPSA) is 74.1 Å². The lowest BCUT2D eigenvalue weighted by atomic mass is 10.1. The van der Waals surface area contributed by atoms with Gasteiger partial charge in [-0.15, -0.1) is 0 Å². The molecule has 0 atom stereocenters. The minimum absolute atomic E-state index is 0.181. The predicted molar refractivity (Wildman–Crippen MR) is 41.5 cm³/mol. The van der Waals surface area contributed by atoms with Gasteiger partial charge >= 0.3 is 5.97 Å². The van der Waals surface area contributed by atoms with Crippen LogP contribution in [0.1, 0.15) is 15.9 Å². The van der Waals surface area contributed by atoms with E-state index in [0.717, 1.165) is 11.0 Å². The summed E-state index contributed by atoms with van der Waals surface area (Å²) in [6.07, 6.45) is 0. The van der Waals surface area contributed by atoms with Crippen molar-refractivity contribution in [3.8, 4) is 0 Å². The molecule has 4 N–H and O–H groups in total. The fraction of sp³-hybridized carbons (Fsp3) is 0.125. The van der Waals surface area contributed by atoms with Crippen molar-refractivity contribution in [1.29, 1.82) is 0 Å². The molecule has 0 amide bonds. The van der Waals surface area contributed by atoms with Crippen molar-refractivity contribution in [2.24, 2.45) is 0 Å². The molecule has 0 aliphatic carbocycles. The predicted octanol–water partition coefficient (Wildman–Crippen LogP) is 0.277. The van der Waals surface area contributed by atoms with Crippen LogP contribution in [0.3, 0.4) is 0 Å². The second kappa shape index (κ2) is 3.34. The molecule has 4 nitrogen and oxygen atoms in total. The average molecular weight is 168 g/mol. The van der Waals surface area contributed by atoms with Crippen molar-refractivity contribution in [1.82, 2.24) is 0 Å². The molecule has 1 aromatic carbocycles. The molecule has 64 valence electrons. The van der Waals surface area contributed by atoms with Gasteiger partial charge in [-0.3, -0.25) is 0 Å². The number of carbonyl (C=O) groups is 1. The fourth-order valence-electron chi connectivity index (χ4n) is 0.913. The van der Waals surface area contributed by atoms with E-state index in [9.17, 15) is 4.79 Å². The van der Waals surface area contributed by atoms with E-state index in [1.54, 1.807) is 13.0 Å². The molecule has 0 aliphatic rings. The zero-order chi connectivity index (χ0) is 9.14.